The van der Waals surface area contributed by atoms with E-state index in [0.29, 0.717) is 19.0 Å². The quantitative estimate of drug-likeness (QED) is 0.802. The fraction of sp³-hybridized carbons (Fsp3) is 0.875. The van der Waals surface area contributed by atoms with Crippen LogP contribution in [0.15, 0.2) is 0 Å². The molecule has 0 aromatic heterocycles. The van der Waals surface area contributed by atoms with Gasteiger partial charge < -0.3 is 16.0 Å². The molecule has 0 unspecified atom stereocenters. The van der Waals surface area contributed by atoms with Crippen molar-refractivity contribution in [2.24, 2.45) is 23.0 Å². The fourth-order valence-corrected chi connectivity index (χ4v) is 4.04. The number of carbonyl (C=O) groups excluding carboxylic acids is 2. The summed E-state index contributed by atoms with van der Waals surface area (Å²) >= 11 is 0. The Morgan fingerprint density at radius 2 is 1.82 bits per heavy atom. The summed E-state index contributed by atoms with van der Waals surface area (Å²) in [6.45, 7) is 1.07. The molecule has 0 heterocycles. The van der Waals surface area contributed by atoms with Crippen LogP contribution in [0.3, 0.4) is 0 Å². The molecular weight excluding hydrogens is 302 g/mol. The molecule has 2 fully saturated rings. The Kier molecular flexibility index (Phi) is 7.13. The number of hydrogen-bond acceptors (Lipinski definition) is 3. The summed E-state index contributed by atoms with van der Waals surface area (Å²) < 4.78 is 0. The zero-order valence-electron chi connectivity index (χ0n) is 13.8. The molecule has 22 heavy (non-hydrogen) atoms. The van der Waals surface area contributed by atoms with Crippen LogP contribution in [0.5, 0.6) is 0 Å². The van der Waals surface area contributed by atoms with Crippen LogP contribution in [-0.4, -0.2) is 43.9 Å². The summed E-state index contributed by atoms with van der Waals surface area (Å²) in [5.41, 5.74) is 5.37. The van der Waals surface area contributed by atoms with Gasteiger partial charge in [-0.2, -0.15) is 0 Å². The molecule has 2 aliphatic carbocycles. The van der Waals surface area contributed by atoms with E-state index in [0.717, 1.165) is 44.9 Å². The lowest BCUT2D eigenvalue weighted by atomic mass is 9.84. The van der Waals surface area contributed by atoms with Gasteiger partial charge in [-0.15, -0.1) is 12.4 Å². The Morgan fingerprint density at radius 3 is 2.36 bits per heavy atom. The Morgan fingerprint density at radius 1 is 1.18 bits per heavy atom. The SMILES string of the molecule is CN(C)C(=O)C1(CNC(=O)[C@@H]2CCC[C@@H]2CN)CCCC1.Cl. The Bertz CT molecular complexity index is 395. The van der Waals surface area contributed by atoms with Crippen molar-refractivity contribution in [1.82, 2.24) is 10.2 Å². The van der Waals surface area contributed by atoms with Crippen LogP contribution >= 0.6 is 12.4 Å². The molecule has 2 saturated carbocycles. The van der Waals surface area contributed by atoms with Gasteiger partial charge in [-0.25, -0.2) is 0 Å². The highest BCUT2D eigenvalue weighted by Gasteiger charge is 2.43. The van der Waals surface area contributed by atoms with E-state index in [1.54, 1.807) is 19.0 Å². The molecule has 6 heteroatoms. The first-order valence-corrected chi connectivity index (χ1v) is 8.20. The van der Waals surface area contributed by atoms with E-state index in [-0.39, 0.29) is 35.6 Å². The minimum atomic E-state index is -0.379. The standard InChI is InChI=1S/C16H29N3O2.ClH/c1-19(2)15(21)16(8-3-4-9-16)11-18-14(20)13-7-5-6-12(13)10-17;/h12-13H,3-11,17H2,1-2H3,(H,18,20);1H/t12-,13-;/m1./s1. The number of nitrogens with zero attached hydrogens (tertiary/aromatic N) is 1. The first-order chi connectivity index (χ1) is 10.00. The molecule has 0 aromatic carbocycles. The number of hydrogen-bond donors (Lipinski definition) is 2. The maximum atomic E-state index is 12.5. The normalized spacial score (nSPS) is 26.3. The second-order valence-corrected chi connectivity index (χ2v) is 6.94. The number of carbonyl (C=O) groups is 2. The predicted octanol–water partition coefficient (Wildman–Crippen LogP) is 1.55. The van der Waals surface area contributed by atoms with E-state index in [4.69, 9.17) is 5.73 Å². The zero-order chi connectivity index (χ0) is 15.5. The molecule has 0 spiro atoms. The lowest BCUT2D eigenvalue weighted by Crippen LogP contribution is -2.48. The Labute approximate surface area is 139 Å². The molecule has 0 aromatic rings. The lowest BCUT2D eigenvalue weighted by Gasteiger charge is -2.31. The van der Waals surface area contributed by atoms with Gasteiger partial charge in [0.05, 0.1) is 5.41 Å². The van der Waals surface area contributed by atoms with Gasteiger partial charge in [0.25, 0.3) is 0 Å². The number of rotatable bonds is 5. The van der Waals surface area contributed by atoms with Gasteiger partial charge >= 0.3 is 0 Å². The van der Waals surface area contributed by atoms with Crippen molar-refractivity contribution >= 4 is 24.2 Å². The topological polar surface area (TPSA) is 75.4 Å². The number of halogens is 1. The molecule has 0 saturated heterocycles. The van der Waals surface area contributed by atoms with Gasteiger partial charge in [-0.1, -0.05) is 19.3 Å². The number of amides is 2. The van der Waals surface area contributed by atoms with Gasteiger partial charge in [-0.05, 0) is 38.1 Å². The molecule has 0 radical (unpaired) electrons. The van der Waals surface area contributed by atoms with Crippen molar-refractivity contribution in [2.75, 3.05) is 27.2 Å². The van der Waals surface area contributed by atoms with Crippen LogP contribution in [0.4, 0.5) is 0 Å². The van der Waals surface area contributed by atoms with E-state index in [1.165, 1.54) is 0 Å². The second-order valence-electron chi connectivity index (χ2n) is 6.94. The van der Waals surface area contributed by atoms with Crippen molar-refractivity contribution in [3.8, 4) is 0 Å². The second kappa shape index (κ2) is 8.16. The largest absolute Gasteiger partial charge is 0.355 e. The highest BCUT2D eigenvalue weighted by atomic mass is 35.5. The van der Waals surface area contributed by atoms with Crippen LogP contribution in [0.1, 0.15) is 44.9 Å². The lowest BCUT2D eigenvalue weighted by molar-refractivity contribution is -0.139. The monoisotopic (exact) mass is 331 g/mol. The van der Waals surface area contributed by atoms with Crippen LogP contribution in [0.25, 0.3) is 0 Å². The van der Waals surface area contributed by atoms with Crippen LogP contribution in [0.2, 0.25) is 0 Å². The third kappa shape index (κ3) is 3.93. The first kappa shape index (κ1) is 19.2. The molecule has 2 amide bonds. The highest BCUT2D eigenvalue weighted by Crippen LogP contribution is 2.39. The van der Waals surface area contributed by atoms with Crippen molar-refractivity contribution in [3.05, 3.63) is 0 Å². The summed E-state index contributed by atoms with van der Waals surface area (Å²) in [7, 11) is 3.59. The van der Waals surface area contributed by atoms with E-state index in [1.807, 2.05) is 0 Å². The average Bonchev–Trinajstić information content (AvgIpc) is 3.13. The molecule has 128 valence electrons. The van der Waals surface area contributed by atoms with Gasteiger partial charge in [0.1, 0.15) is 0 Å². The van der Waals surface area contributed by atoms with Gasteiger partial charge in [0, 0.05) is 26.6 Å². The molecular formula is C16H30ClN3O2. The van der Waals surface area contributed by atoms with Crippen molar-refractivity contribution in [3.63, 3.8) is 0 Å². The highest BCUT2D eigenvalue weighted by molar-refractivity contribution is 5.85. The number of nitrogens with two attached hydrogens (primary N) is 1. The van der Waals surface area contributed by atoms with Crippen LogP contribution < -0.4 is 11.1 Å². The van der Waals surface area contributed by atoms with Crippen molar-refractivity contribution in [1.29, 1.82) is 0 Å². The number of nitrogens with one attached hydrogen (secondary N) is 1. The molecule has 5 nitrogen and oxygen atoms in total. The Hall–Kier alpha value is -0.810. The van der Waals surface area contributed by atoms with Gasteiger partial charge in [-0.3, -0.25) is 9.59 Å². The van der Waals surface area contributed by atoms with E-state index in [2.05, 4.69) is 5.32 Å². The average molecular weight is 332 g/mol. The molecule has 0 bridgehead atoms. The minimum Gasteiger partial charge on any atom is -0.355 e. The molecule has 2 atom stereocenters. The summed E-state index contributed by atoms with van der Waals surface area (Å²) in [5.74, 6) is 0.611. The molecule has 3 N–H and O–H groups in total. The molecule has 0 aliphatic heterocycles. The summed E-state index contributed by atoms with van der Waals surface area (Å²) in [6, 6.07) is 0. The zero-order valence-corrected chi connectivity index (χ0v) is 14.6. The van der Waals surface area contributed by atoms with Crippen molar-refractivity contribution < 1.29 is 9.59 Å². The van der Waals surface area contributed by atoms with Gasteiger partial charge in [0.2, 0.25) is 11.8 Å². The van der Waals surface area contributed by atoms with Gasteiger partial charge in [0.15, 0.2) is 0 Å². The molecule has 2 rings (SSSR count). The van der Waals surface area contributed by atoms with E-state index in [9.17, 15) is 9.59 Å². The molecule has 2 aliphatic rings. The smallest absolute Gasteiger partial charge is 0.230 e. The van der Waals surface area contributed by atoms with E-state index >= 15 is 0 Å². The maximum absolute atomic E-state index is 12.5. The van der Waals surface area contributed by atoms with Crippen molar-refractivity contribution in [2.45, 2.75) is 44.9 Å². The Balaban J connectivity index is 0.00000242. The van der Waals surface area contributed by atoms with Crippen LogP contribution in [0, 0.1) is 17.3 Å². The summed E-state index contributed by atoms with van der Waals surface area (Å²) in [4.78, 5) is 26.6. The summed E-state index contributed by atoms with van der Waals surface area (Å²) in [5, 5.41) is 3.07. The van der Waals surface area contributed by atoms with Crippen LogP contribution in [-0.2, 0) is 9.59 Å². The fourth-order valence-electron chi connectivity index (χ4n) is 4.04. The minimum absolute atomic E-state index is 0. The maximum Gasteiger partial charge on any atom is 0.230 e. The van der Waals surface area contributed by atoms with E-state index < -0.39 is 0 Å². The summed E-state index contributed by atoms with van der Waals surface area (Å²) in [6.07, 6.45) is 6.99. The third-order valence-corrected chi connectivity index (χ3v) is 5.32. The first-order valence-electron chi connectivity index (χ1n) is 8.20. The predicted molar refractivity (Wildman–Crippen MR) is 89.7 cm³/mol. The third-order valence-electron chi connectivity index (χ3n) is 5.32.